The molecular formula is C17H21ClF3N3O. The Bertz CT molecular complexity index is 641. The molecule has 0 unspecified atom stereocenters. The van der Waals surface area contributed by atoms with Crippen molar-refractivity contribution in [3.8, 4) is 0 Å². The predicted molar refractivity (Wildman–Crippen MR) is 89.6 cm³/mol. The lowest BCUT2D eigenvalue weighted by Crippen LogP contribution is -2.48. The van der Waals surface area contributed by atoms with E-state index in [-0.39, 0.29) is 22.9 Å². The minimum absolute atomic E-state index is 0.00664. The lowest BCUT2D eigenvalue weighted by Gasteiger charge is -2.39. The van der Waals surface area contributed by atoms with E-state index in [0.717, 1.165) is 44.4 Å². The zero-order valence-electron chi connectivity index (χ0n) is 14.0. The van der Waals surface area contributed by atoms with Crippen LogP contribution in [-0.4, -0.2) is 42.0 Å². The molecule has 3 rings (SSSR count). The third-order valence-corrected chi connectivity index (χ3v) is 5.54. The molecule has 1 saturated carbocycles. The first-order valence-corrected chi connectivity index (χ1v) is 8.89. The van der Waals surface area contributed by atoms with E-state index in [0.29, 0.717) is 18.9 Å². The molecule has 1 aliphatic heterocycles. The maximum Gasteiger partial charge on any atom is 0.417 e. The van der Waals surface area contributed by atoms with E-state index >= 15 is 0 Å². The first kappa shape index (κ1) is 18.3. The van der Waals surface area contributed by atoms with Gasteiger partial charge in [0.15, 0.2) is 0 Å². The number of amides is 1. The van der Waals surface area contributed by atoms with Crippen LogP contribution in [0.25, 0.3) is 0 Å². The normalized spacial score (nSPS) is 19.6. The Kier molecular flexibility index (Phi) is 5.14. The lowest BCUT2D eigenvalue weighted by atomic mass is 9.84. The number of rotatable bonds is 3. The standard InChI is InChI=1S/C17H21ClF3N3O/c1-23(16(25)11-3-2-4-11)13-5-7-24(8-6-13)15-14(18)9-12(10-22-15)17(19,20)21/h9-11,13H,2-8H2,1H3. The molecule has 1 aromatic heterocycles. The van der Waals surface area contributed by atoms with Crippen molar-refractivity contribution in [2.45, 2.75) is 44.3 Å². The number of alkyl halides is 3. The van der Waals surface area contributed by atoms with Crippen molar-refractivity contribution in [1.82, 2.24) is 9.88 Å². The average Bonchev–Trinajstić information content (AvgIpc) is 2.52. The molecule has 8 heteroatoms. The molecule has 0 atom stereocenters. The van der Waals surface area contributed by atoms with Gasteiger partial charge in [-0.05, 0) is 31.7 Å². The second kappa shape index (κ2) is 7.02. The van der Waals surface area contributed by atoms with Crippen LogP contribution < -0.4 is 4.90 Å². The summed E-state index contributed by atoms with van der Waals surface area (Å²) in [5.74, 6) is 0.769. The number of hydrogen-bond donors (Lipinski definition) is 0. The van der Waals surface area contributed by atoms with Crippen LogP contribution in [0.4, 0.5) is 19.0 Å². The van der Waals surface area contributed by atoms with Crippen LogP contribution in [0.15, 0.2) is 12.3 Å². The SMILES string of the molecule is CN(C(=O)C1CCC1)C1CCN(c2ncc(C(F)(F)F)cc2Cl)CC1. The van der Waals surface area contributed by atoms with Crippen LogP contribution in [0.5, 0.6) is 0 Å². The molecule has 2 heterocycles. The molecule has 4 nitrogen and oxygen atoms in total. The topological polar surface area (TPSA) is 36.4 Å². The molecule has 1 saturated heterocycles. The third-order valence-electron chi connectivity index (χ3n) is 5.26. The van der Waals surface area contributed by atoms with Crippen molar-refractivity contribution in [2.24, 2.45) is 5.92 Å². The van der Waals surface area contributed by atoms with Crippen LogP contribution >= 0.6 is 11.6 Å². The molecule has 0 spiro atoms. The highest BCUT2D eigenvalue weighted by molar-refractivity contribution is 6.33. The van der Waals surface area contributed by atoms with E-state index in [2.05, 4.69) is 4.98 Å². The molecule has 0 N–H and O–H groups in total. The second-order valence-corrected chi connectivity index (χ2v) is 7.23. The summed E-state index contributed by atoms with van der Waals surface area (Å²) in [6, 6.07) is 1.08. The van der Waals surface area contributed by atoms with E-state index in [1.54, 1.807) is 0 Å². The van der Waals surface area contributed by atoms with Crippen molar-refractivity contribution in [3.63, 3.8) is 0 Å². The van der Waals surface area contributed by atoms with E-state index in [9.17, 15) is 18.0 Å². The summed E-state index contributed by atoms with van der Waals surface area (Å²) in [6.45, 7) is 1.23. The predicted octanol–water partition coefficient (Wildman–Crippen LogP) is 3.98. The van der Waals surface area contributed by atoms with Crippen molar-refractivity contribution < 1.29 is 18.0 Å². The van der Waals surface area contributed by atoms with Gasteiger partial charge >= 0.3 is 6.18 Å². The van der Waals surface area contributed by atoms with Crippen LogP contribution in [-0.2, 0) is 11.0 Å². The van der Waals surface area contributed by atoms with Gasteiger partial charge in [-0.15, -0.1) is 0 Å². The largest absolute Gasteiger partial charge is 0.417 e. The molecule has 2 fully saturated rings. The quantitative estimate of drug-likeness (QED) is 0.801. The fourth-order valence-corrected chi connectivity index (χ4v) is 3.69. The van der Waals surface area contributed by atoms with E-state index in [1.165, 1.54) is 0 Å². The first-order chi connectivity index (χ1) is 11.8. The minimum Gasteiger partial charge on any atom is -0.355 e. The molecule has 1 aromatic rings. The van der Waals surface area contributed by atoms with E-state index in [1.807, 2.05) is 16.8 Å². The summed E-state index contributed by atoms with van der Waals surface area (Å²) >= 11 is 6.02. The lowest BCUT2D eigenvalue weighted by molar-refractivity contribution is -0.139. The molecular weight excluding hydrogens is 355 g/mol. The Morgan fingerprint density at radius 2 is 1.92 bits per heavy atom. The number of carbonyl (C=O) groups is 1. The highest BCUT2D eigenvalue weighted by Gasteiger charge is 2.34. The number of carbonyl (C=O) groups excluding carboxylic acids is 1. The van der Waals surface area contributed by atoms with E-state index < -0.39 is 11.7 Å². The fourth-order valence-electron chi connectivity index (χ4n) is 3.41. The number of aromatic nitrogens is 1. The summed E-state index contributed by atoms with van der Waals surface area (Å²) < 4.78 is 38.1. The van der Waals surface area contributed by atoms with Crippen molar-refractivity contribution in [1.29, 1.82) is 0 Å². The van der Waals surface area contributed by atoms with Gasteiger partial charge in [-0.1, -0.05) is 18.0 Å². The molecule has 0 aromatic carbocycles. The van der Waals surface area contributed by atoms with Gasteiger partial charge in [-0.25, -0.2) is 4.98 Å². The Morgan fingerprint density at radius 3 is 2.40 bits per heavy atom. The molecule has 1 aliphatic carbocycles. The number of anilines is 1. The van der Waals surface area contributed by atoms with Crippen molar-refractivity contribution >= 4 is 23.3 Å². The molecule has 1 amide bonds. The Labute approximate surface area is 149 Å². The Morgan fingerprint density at radius 1 is 1.28 bits per heavy atom. The van der Waals surface area contributed by atoms with Crippen LogP contribution in [0, 0.1) is 5.92 Å². The highest BCUT2D eigenvalue weighted by Crippen LogP contribution is 2.35. The van der Waals surface area contributed by atoms with Gasteiger partial charge in [0.2, 0.25) is 5.91 Å². The van der Waals surface area contributed by atoms with Gasteiger partial charge in [-0.2, -0.15) is 13.2 Å². The minimum atomic E-state index is -4.45. The maximum absolute atomic E-state index is 12.7. The van der Waals surface area contributed by atoms with Gasteiger partial charge in [0.05, 0.1) is 10.6 Å². The van der Waals surface area contributed by atoms with Gasteiger partial charge in [-0.3, -0.25) is 4.79 Å². The smallest absolute Gasteiger partial charge is 0.355 e. The number of pyridine rings is 1. The van der Waals surface area contributed by atoms with Gasteiger partial charge < -0.3 is 9.80 Å². The molecule has 2 aliphatic rings. The van der Waals surface area contributed by atoms with E-state index in [4.69, 9.17) is 11.6 Å². The van der Waals surface area contributed by atoms with Gasteiger partial charge in [0, 0.05) is 38.3 Å². The monoisotopic (exact) mass is 375 g/mol. The zero-order chi connectivity index (χ0) is 18.2. The average molecular weight is 376 g/mol. The number of halogens is 4. The fraction of sp³-hybridized carbons (Fsp3) is 0.647. The van der Waals surface area contributed by atoms with Gasteiger partial charge in [0.25, 0.3) is 0 Å². The molecule has 0 radical (unpaired) electrons. The van der Waals surface area contributed by atoms with Gasteiger partial charge in [0.1, 0.15) is 5.82 Å². The molecule has 0 bridgehead atoms. The summed E-state index contributed by atoms with van der Waals surface area (Å²) in [5, 5.41) is 0.00664. The van der Waals surface area contributed by atoms with Crippen LogP contribution in [0.1, 0.15) is 37.7 Å². The summed E-state index contributed by atoms with van der Waals surface area (Å²) in [6.07, 6.45) is 0.968. The van der Waals surface area contributed by atoms with Crippen molar-refractivity contribution in [3.05, 3.63) is 22.8 Å². The zero-order valence-corrected chi connectivity index (χ0v) is 14.8. The maximum atomic E-state index is 12.7. The summed E-state index contributed by atoms with van der Waals surface area (Å²) in [7, 11) is 1.85. The summed E-state index contributed by atoms with van der Waals surface area (Å²) in [4.78, 5) is 20.0. The second-order valence-electron chi connectivity index (χ2n) is 6.82. The number of nitrogens with zero attached hydrogens (tertiary/aromatic N) is 3. The van der Waals surface area contributed by atoms with Crippen LogP contribution in [0.2, 0.25) is 5.02 Å². The first-order valence-electron chi connectivity index (χ1n) is 8.51. The van der Waals surface area contributed by atoms with Crippen LogP contribution in [0.3, 0.4) is 0 Å². The molecule has 138 valence electrons. The Hall–Kier alpha value is -1.50. The summed E-state index contributed by atoms with van der Waals surface area (Å²) in [5.41, 5.74) is -0.845. The number of piperidine rings is 1. The third kappa shape index (κ3) is 3.86. The van der Waals surface area contributed by atoms with Crippen molar-refractivity contribution in [2.75, 3.05) is 25.0 Å². The molecule has 25 heavy (non-hydrogen) atoms. The number of hydrogen-bond acceptors (Lipinski definition) is 3. The Balaban J connectivity index is 1.61. The highest BCUT2D eigenvalue weighted by atomic mass is 35.5.